The summed E-state index contributed by atoms with van der Waals surface area (Å²) in [5, 5.41) is -0.989. The van der Waals surface area contributed by atoms with Gasteiger partial charge in [0.25, 0.3) is 0 Å². The van der Waals surface area contributed by atoms with E-state index in [1.807, 2.05) is 6.92 Å². The molecule has 2 atom stereocenters. The van der Waals surface area contributed by atoms with Gasteiger partial charge in [-0.25, -0.2) is 8.42 Å². The van der Waals surface area contributed by atoms with Crippen molar-refractivity contribution in [3.8, 4) is 0 Å². The molecule has 0 saturated heterocycles. The summed E-state index contributed by atoms with van der Waals surface area (Å²) in [6, 6.07) is 6.60. The first-order valence-corrected chi connectivity index (χ1v) is 9.66. The highest BCUT2D eigenvalue weighted by Crippen LogP contribution is 2.19. The van der Waals surface area contributed by atoms with Crippen molar-refractivity contribution in [1.82, 2.24) is 4.31 Å². The number of halogens is 4. The maximum Gasteiger partial charge on any atom is 0.243 e. The molecule has 0 amide bonds. The Kier molecular flexibility index (Phi) is 8.10. The van der Waals surface area contributed by atoms with Crippen molar-refractivity contribution in [3.05, 3.63) is 29.8 Å². The molecule has 0 radical (unpaired) electrons. The molecule has 0 aromatic heterocycles. The molecule has 21 heavy (non-hydrogen) atoms. The second-order valence-corrected chi connectivity index (χ2v) is 8.43. The average molecular weight is 393 g/mol. The van der Waals surface area contributed by atoms with Crippen LogP contribution in [0, 0.1) is 6.92 Å². The van der Waals surface area contributed by atoms with E-state index < -0.39 is 20.8 Å². The van der Waals surface area contributed by atoms with E-state index in [0.29, 0.717) is 0 Å². The van der Waals surface area contributed by atoms with Gasteiger partial charge in [0, 0.05) is 24.8 Å². The number of aryl methyl sites for hydroxylation is 1. The van der Waals surface area contributed by atoms with Crippen LogP contribution < -0.4 is 0 Å². The summed E-state index contributed by atoms with van der Waals surface area (Å²) in [4.78, 5) is 0.199. The Morgan fingerprint density at radius 3 is 1.81 bits per heavy atom. The van der Waals surface area contributed by atoms with Gasteiger partial charge in [0.15, 0.2) is 0 Å². The van der Waals surface area contributed by atoms with E-state index in [4.69, 9.17) is 46.4 Å². The molecular formula is C13H17Cl4NO2S. The predicted molar refractivity (Wildman–Crippen MR) is 90.7 cm³/mol. The summed E-state index contributed by atoms with van der Waals surface area (Å²) >= 11 is 23.3. The lowest BCUT2D eigenvalue weighted by Crippen LogP contribution is -2.40. The fraction of sp³-hybridized carbons (Fsp3) is 0.538. The molecule has 120 valence electrons. The zero-order valence-corrected chi connectivity index (χ0v) is 15.3. The fourth-order valence-corrected chi connectivity index (χ4v) is 3.89. The van der Waals surface area contributed by atoms with Crippen molar-refractivity contribution in [2.75, 3.05) is 24.8 Å². The number of hydrogen-bond donors (Lipinski definition) is 0. The summed E-state index contributed by atoms with van der Waals surface area (Å²) in [6.07, 6.45) is 0. The normalized spacial score (nSPS) is 15.1. The predicted octanol–water partition coefficient (Wildman–Crippen LogP) is 3.68. The Morgan fingerprint density at radius 2 is 1.43 bits per heavy atom. The molecule has 0 bridgehead atoms. The van der Waals surface area contributed by atoms with Crippen LogP contribution in [0.1, 0.15) is 5.56 Å². The highest BCUT2D eigenvalue weighted by Gasteiger charge is 2.28. The number of sulfonamides is 1. The molecule has 0 aliphatic rings. The second-order valence-electron chi connectivity index (χ2n) is 4.64. The van der Waals surface area contributed by atoms with Gasteiger partial charge in [-0.2, -0.15) is 4.31 Å². The summed E-state index contributed by atoms with van der Waals surface area (Å²) in [5.74, 6) is 0.296. The quantitative estimate of drug-likeness (QED) is 0.632. The molecule has 1 aromatic carbocycles. The number of rotatable bonds is 8. The molecule has 0 saturated carbocycles. The van der Waals surface area contributed by atoms with Crippen LogP contribution in [0.3, 0.4) is 0 Å². The van der Waals surface area contributed by atoms with Crippen LogP contribution in [0.5, 0.6) is 0 Å². The van der Waals surface area contributed by atoms with Crippen LogP contribution in [0.4, 0.5) is 0 Å². The first-order chi connectivity index (χ1) is 9.81. The van der Waals surface area contributed by atoms with Crippen LogP contribution in [0.15, 0.2) is 29.2 Å². The van der Waals surface area contributed by atoms with Crippen LogP contribution in [0.2, 0.25) is 0 Å². The number of alkyl halides is 4. The molecule has 0 aliphatic heterocycles. The lowest BCUT2D eigenvalue weighted by Gasteiger charge is -2.25. The standard InChI is InChI=1S/C13H17Cl4NO2S/c1-10-2-4-13(5-3-10)21(19,20)18(8-11(16)6-14)9-12(17)7-15/h2-5,11-12H,6-9H2,1H3. The minimum Gasteiger partial charge on any atom is -0.207 e. The van der Waals surface area contributed by atoms with E-state index in [0.717, 1.165) is 5.56 Å². The van der Waals surface area contributed by atoms with Crippen LogP contribution in [-0.2, 0) is 10.0 Å². The lowest BCUT2D eigenvalue weighted by molar-refractivity contribution is 0.415. The Morgan fingerprint density at radius 1 is 1.00 bits per heavy atom. The van der Waals surface area contributed by atoms with Crippen LogP contribution in [0.25, 0.3) is 0 Å². The molecule has 0 fully saturated rings. The van der Waals surface area contributed by atoms with Crippen LogP contribution >= 0.6 is 46.4 Å². The zero-order valence-electron chi connectivity index (χ0n) is 11.5. The van der Waals surface area contributed by atoms with Crippen LogP contribution in [-0.4, -0.2) is 48.3 Å². The molecule has 3 nitrogen and oxygen atoms in total. The smallest absolute Gasteiger partial charge is 0.207 e. The summed E-state index contributed by atoms with van der Waals surface area (Å²) < 4.78 is 26.6. The molecule has 2 unspecified atom stereocenters. The molecule has 1 rings (SSSR count). The molecular weight excluding hydrogens is 376 g/mol. The fourth-order valence-electron chi connectivity index (χ4n) is 1.67. The second kappa shape index (κ2) is 8.80. The zero-order chi connectivity index (χ0) is 16.0. The third-order valence-corrected chi connectivity index (χ3v) is 6.29. The minimum atomic E-state index is -3.68. The number of benzene rings is 1. The van der Waals surface area contributed by atoms with Gasteiger partial charge in [-0.15, -0.1) is 46.4 Å². The van der Waals surface area contributed by atoms with Crippen molar-refractivity contribution in [2.24, 2.45) is 0 Å². The first-order valence-electron chi connectivity index (χ1n) is 6.28. The van der Waals surface area contributed by atoms with E-state index >= 15 is 0 Å². The van der Waals surface area contributed by atoms with Gasteiger partial charge < -0.3 is 0 Å². The van der Waals surface area contributed by atoms with Gasteiger partial charge in [0.1, 0.15) is 0 Å². The Balaban J connectivity index is 3.06. The Labute approximate surface area is 146 Å². The van der Waals surface area contributed by atoms with Gasteiger partial charge in [0.2, 0.25) is 10.0 Å². The third-order valence-electron chi connectivity index (χ3n) is 2.80. The summed E-state index contributed by atoms with van der Waals surface area (Å²) in [7, 11) is -3.68. The first kappa shape index (κ1) is 19.3. The molecule has 0 aliphatic carbocycles. The Bertz CT molecular complexity index is 524. The highest BCUT2D eigenvalue weighted by atomic mass is 35.5. The maximum absolute atomic E-state index is 12.7. The Hall–Kier alpha value is 0.290. The largest absolute Gasteiger partial charge is 0.243 e. The molecule has 0 N–H and O–H groups in total. The summed E-state index contributed by atoms with van der Waals surface area (Å²) in [5.41, 5.74) is 0.979. The number of hydrogen-bond acceptors (Lipinski definition) is 2. The summed E-state index contributed by atoms with van der Waals surface area (Å²) in [6.45, 7) is 2.06. The van der Waals surface area contributed by atoms with Crippen molar-refractivity contribution in [1.29, 1.82) is 0 Å². The third kappa shape index (κ3) is 5.77. The molecule has 0 spiro atoms. The van der Waals surface area contributed by atoms with E-state index in [1.165, 1.54) is 4.31 Å². The molecule has 1 aromatic rings. The van der Waals surface area contributed by atoms with Gasteiger partial charge >= 0.3 is 0 Å². The van der Waals surface area contributed by atoms with Crippen molar-refractivity contribution >= 4 is 56.4 Å². The van der Waals surface area contributed by atoms with Gasteiger partial charge in [-0.1, -0.05) is 17.7 Å². The van der Waals surface area contributed by atoms with E-state index in [2.05, 4.69) is 0 Å². The van der Waals surface area contributed by atoms with E-state index in [-0.39, 0.29) is 29.7 Å². The minimum absolute atomic E-state index is 0.0847. The number of nitrogens with zero attached hydrogens (tertiary/aromatic N) is 1. The van der Waals surface area contributed by atoms with Crippen molar-refractivity contribution in [3.63, 3.8) is 0 Å². The van der Waals surface area contributed by atoms with E-state index in [9.17, 15) is 8.42 Å². The topological polar surface area (TPSA) is 37.4 Å². The SMILES string of the molecule is Cc1ccc(S(=O)(=O)N(CC(Cl)CCl)CC(Cl)CCl)cc1. The highest BCUT2D eigenvalue weighted by molar-refractivity contribution is 7.89. The average Bonchev–Trinajstić information content (AvgIpc) is 2.46. The van der Waals surface area contributed by atoms with Gasteiger partial charge in [-0.3, -0.25) is 0 Å². The maximum atomic E-state index is 12.7. The lowest BCUT2D eigenvalue weighted by atomic mass is 10.2. The van der Waals surface area contributed by atoms with Crippen molar-refractivity contribution < 1.29 is 8.42 Å². The van der Waals surface area contributed by atoms with Crippen molar-refractivity contribution in [2.45, 2.75) is 22.6 Å². The monoisotopic (exact) mass is 391 g/mol. The molecule has 0 heterocycles. The van der Waals surface area contributed by atoms with Gasteiger partial charge in [0.05, 0.1) is 15.6 Å². The molecule has 8 heteroatoms. The van der Waals surface area contributed by atoms with Gasteiger partial charge in [-0.05, 0) is 19.1 Å². The van der Waals surface area contributed by atoms with E-state index in [1.54, 1.807) is 24.3 Å².